The van der Waals surface area contributed by atoms with Gasteiger partial charge >= 0.3 is 0 Å². The van der Waals surface area contributed by atoms with Crippen molar-refractivity contribution in [3.63, 3.8) is 0 Å². The highest BCUT2D eigenvalue weighted by Crippen LogP contribution is 2.46. The first-order valence-electron chi connectivity index (χ1n) is 8.98. The molecule has 0 radical (unpaired) electrons. The lowest BCUT2D eigenvalue weighted by Crippen LogP contribution is -2.48. The molecular formula is C20H25ClN2O2S. The van der Waals surface area contributed by atoms with Crippen LogP contribution in [0.1, 0.15) is 57.6 Å². The molecule has 6 heteroatoms. The van der Waals surface area contributed by atoms with E-state index in [0.717, 1.165) is 41.6 Å². The molecule has 1 saturated heterocycles. The second kappa shape index (κ2) is 6.93. The molecule has 1 atom stereocenters. The van der Waals surface area contributed by atoms with Gasteiger partial charge in [-0.05, 0) is 73.7 Å². The van der Waals surface area contributed by atoms with Crippen molar-refractivity contribution >= 4 is 46.3 Å². The van der Waals surface area contributed by atoms with Crippen LogP contribution in [0.15, 0.2) is 17.0 Å². The Morgan fingerprint density at radius 2 is 2.04 bits per heavy atom. The van der Waals surface area contributed by atoms with E-state index in [9.17, 15) is 9.59 Å². The van der Waals surface area contributed by atoms with Crippen LogP contribution in [0.5, 0.6) is 0 Å². The van der Waals surface area contributed by atoms with Gasteiger partial charge in [-0.2, -0.15) is 0 Å². The number of halogens is 1. The fourth-order valence-corrected chi connectivity index (χ4v) is 5.00. The lowest BCUT2D eigenvalue weighted by Gasteiger charge is -2.47. The molecule has 2 heterocycles. The Morgan fingerprint density at radius 1 is 1.35 bits per heavy atom. The van der Waals surface area contributed by atoms with Crippen molar-refractivity contribution in [1.29, 1.82) is 0 Å². The smallest absolute Gasteiger partial charge is 0.293 e. The van der Waals surface area contributed by atoms with Crippen LogP contribution >= 0.6 is 23.4 Å². The number of imide groups is 1. The molecule has 0 aromatic heterocycles. The number of carbonyl (C=O) groups excluding carboxylic acids is 2. The van der Waals surface area contributed by atoms with Crippen LogP contribution in [0.4, 0.5) is 10.5 Å². The number of anilines is 1. The summed E-state index contributed by atoms with van der Waals surface area (Å²) in [6.45, 7) is 9.96. The van der Waals surface area contributed by atoms with E-state index in [2.05, 4.69) is 38.7 Å². The average molecular weight is 393 g/mol. The van der Waals surface area contributed by atoms with Crippen LogP contribution in [-0.4, -0.2) is 35.2 Å². The molecule has 0 N–H and O–H groups in total. The van der Waals surface area contributed by atoms with Crippen molar-refractivity contribution in [2.24, 2.45) is 0 Å². The normalized spacial score (nSPS) is 23.8. The zero-order valence-electron chi connectivity index (χ0n) is 15.9. The van der Waals surface area contributed by atoms with Gasteiger partial charge in [-0.15, -0.1) is 0 Å². The summed E-state index contributed by atoms with van der Waals surface area (Å²) in [4.78, 5) is 27.9. The number of hydrogen-bond donors (Lipinski definition) is 0. The first-order valence-corrected chi connectivity index (χ1v) is 10.2. The van der Waals surface area contributed by atoms with E-state index >= 15 is 0 Å². The molecule has 1 fully saturated rings. The maximum absolute atomic E-state index is 12.2. The summed E-state index contributed by atoms with van der Waals surface area (Å²) in [5, 5.41) is 0.359. The minimum atomic E-state index is -0.268. The maximum Gasteiger partial charge on any atom is 0.293 e. The van der Waals surface area contributed by atoms with E-state index in [0.29, 0.717) is 15.8 Å². The van der Waals surface area contributed by atoms with Gasteiger partial charge in [-0.3, -0.25) is 14.5 Å². The van der Waals surface area contributed by atoms with Crippen molar-refractivity contribution in [1.82, 2.24) is 4.90 Å². The minimum Gasteiger partial charge on any atom is -0.366 e. The van der Waals surface area contributed by atoms with E-state index in [1.54, 1.807) is 6.08 Å². The summed E-state index contributed by atoms with van der Waals surface area (Å²) in [5.74, 6) is 0.134. The summed E-state index contributed by atoms with van der Waals surface area (Å²) in [6.07, 6.45) is 3.88. The van der Waals surface area contributed by atoms with Crippen molar-refractivity contribution < 1.29 is 9.59 Å². The first-order chi connectivity index (χ1) is 12.2. The highest BCUT2D eigenvalue weighted by molar-refractivity contribution is 8.18. The summed E-state index contributed by atoms with van der Waals surface area (Å²) < 4.78 is 0. The summed E-state index contributed by atoms with van der Waals surface area (Å²) in [7, 11) is 1.50. The van der Waals surface area contributed by atoms with E-state index < -0.39 is 0 Å². The molecule has 140 valence electrons. The lowest BCUT2D eigenvalue weighted by molar-refractivity contribution is -0.121. The third-order valence-electron chi connectivity index (χ3n) is 5.22. The Hall–Kier alpha value is -1.46. The molecule has 2 amide bonds. The molecule has 0 aliphatic carbocycles. The standard InChI is InChI=1S/C20H25ClN2O2S/c1-6-7-23-16-10-15(21)13(8-14(16)12(2)11-20(23,3)4)9-17-18(24)22(5)19(25)26-17/h8-10,12H,6-7,11H2,1-5H3/b17-9-. The third-order valence-corrected chi connectivity index (χ3v) is 6.51. The van der Waals surface area contributed by atoms with Gasteiger partial charge in [0.1, 0.15) is 0 Å². The van der Waals surface area contributed by atoms with E-state index in [4.69, 9.17) is 11.6 Å². The Bertz CT molecular complexity index is 803. The van der Waals surface area contributed by atoms with E-state index in [-0.39, 0.29) is 16.7 Å². The molecule has 0 bridgehead atoms. The van der Waals surface area contributed by atoms with Gasteiger partial charge in [-0.25, -0.2) is 0 Å². The van der Waals surface area contributed by atoms with Crippen LogP contribution < -0.4 is 4.90 Å². The number of hydrogen-bond acceptors (Lipinski definition) is 4. The van der Waals surface area contributed by atoms with E-state index in [1.165, 1.54) is 18.3 Å². The van der Waals surface area contributed by atoms with Gasteiger partial charge in [0.2, 0.25) is 0 Å². The molecule has 1 aromatic carbocycles. The zero-order valence-corrected chi connectivity index (χ0v) is 17.5. The fraction of sp³-hybridized carbons (Fsp3) is 0.500. The highest BCUT2D eigenvalue weighted by Gasteiger charge is 2.37. The molecule has 2 aliphatic heterocycles. The number of likely N-dealkylation sites (N-methyl/N-ethyl adjacent to an activating group) is 1. The Balaban J connectivity index is 2.06. The molecule has 3 rings (SSSR count). The summed E-state index contributed by atoms with van der Waals surface area (Å²) in [5.41, 5.74) is 3.32. The Kier molecular flexibility index (Phi) is 5.15. The largest absolute Gasteiger partial charge is 0.366 e. The first kappa shape index (κ1) is 19.3. The average Bonchev–Trinajstić information content (AvgIpc) is 2.79. The molecule has 4 nitrogen and oxygen atoms in total. The molecule has 1 unspecified atom stereocenters. The van der Waals surface area contributed by atoms with Crippen molar-refractivity contribution in [2.75, 3.05) is 18.5 Å². The van der Waals surface area contributed by atoms with Crippen LogP contribution in [-0.2, 0) is 4.79 Å². The predicted octanol–water partition coefficient (Wildman–Crippen LogP) is 5.51. The maximum atomic E-state index is 12.2. The van der Waals surface area contributed by atoms with Gasteiger partial charge in [0.05, 0.1) is 4.91 Å². The number of carbonyl (C=O) groups is 2. The summed E-state index contributed by atoms with van der Waals surface area (Å²) >= 11 is 7.54. The monoisotopic (exact) mass is 392 g/mol. The minimum absolute atomic E-state index is 0.0815. The second-order valence-corrected chi connectivity index (χ2v) is 9.14. The fourth-order valence-electron chi connectivity index (χ4n) is 3.97. The molecule has 1 aromatic rings. The molecule has 26 heavy (non-hydrogen) atoms. The van der Waals surface area contributed by atoms with Crippen LogP contribution in [0.3, 0.4) is 0 Å². The number of amides is 2. The van der Waals surface area contributed by atoms with Gasteiger partial charge in [0, 0.05) is 29.8 Å². The number of nitrogens with zero attached hydrogens (tertiary/aromatic N) is 2. The highest BCUT2D eigenvalue weighted by atomic mass is 35.5. The number of fused-ring (bicyclic) bond motifs is 1. The molecule has 0 spiro atoms. The predicted molar refractivity (Wildman–Crippen MR) is 110 cm³/mol. The van der Waals surface area contributed by atoms with Crippen LogP contribution in [0.25, 0.3) is 6.08 Å². The SMILES string of the molecule is CCCN1c2cc(Cl)c(/C=C3\SC(=O)N(C)C3=O)cc2C(C)CC1(C)C. The second-order valence-electron chi connectivity index (χ2n) is 7.74. The Morgan fingerprint density at radius 3 is 2.62 bits per heavy atom. The summed E-state index contributed by atoms with van der Waals surface area (Å²) in [6, 6.07) is 4.11. The number of benzene rings is 1. The lowest BCUT2D eigenvalue weighted by atomic mass is 9.79. The van der Waals surface area contributed by atoms with Crippen LogP contribution in [0.2, 0.25) is 5.02 Å². The zero-order chi connectivity index (χ0) is 19.2. The van der Waals surface area contributed by atoms with Crippen molar-refractivity contribution in [3.05, 3.63) is 33.2 Å². The third kappa shape index (κ3) is 3.27. The van der Waals surface area contributed by atoms with Gasteiger partial charge in [-0.1, -0.05) is 25.4 Å². The molecular weight excluding hydrogens is 368 g/mol. The quantitative estimate of drug-likeness (QED) is 0.636. The van der Waals surface area contributed by atoms with Crippen LogP contribution in [0, 0.1) is 0 Å². The Labute approximate surface area is 164 Å². The van der Waals surface area contributed by atoms with E-state index in [1.807, 2.05) is 6.07 Å². The van der Waals surface area contributed by atoms with Crippen molar-refractivity contribution in [3.8, 4) is 0 Å². The number of thioether (sulfide) groups is 1. The number of rotatable bonds is 3. The molecule has 2 aliphatic rings. The van der Waals surface area contributed by atoms with Crippen molar-refractivity contribution in [2.45, 2.75) is 52.0 Å². The van der Waals surface area contributed by atoms with Gasteiger partial charge < -0.3 is 4.90 Å². The topological polar surface area (TPSA) is 40.6 Å². The molecule has 0 saturated carbocycles. The van der Waals surface area contributed by atoms with Gasteiger partial charge in [0.15, 0.2) is 0 Å². The van der Waals surface area contributed by atoms with Gasteiger partial charge in [0.25, 0.3) is 11.1 Å².